The molecule has 96 valence electrons. The smallest absolute Gasteiger partial charge is 0.330 e. The highest BCUT2D eigenvalue weighted by Crippen LogP contribution is 2.58. The van der Waals surface area contributed by atoms with Crippen LogP contribution in [0, 0.1) is 17.3 Å². The van der Waals surface area contributed by atoms with E-state index in [0.717, 1.165) is 6.42 Å². The monoisotopic (exact) mass is 240 g/mol. The first-order chi connectivity index (χ1) is 7.80. The average molecular weight is 240 g/mol. The summed E-state index contributed by atoms with van der Waals surface area (Å²) >= 11 is 0. The first-order valence-corrected chi connectivity index (χ1v) is 5.92. The summed E-state index contributed by atoms with van der Waals surface area (Å²) in [5.74, 6) is -1.68. The highest BCUT2D eigenvalue weighted by Gasteiger charge is 2.60. The molecule has 1 rings (SSSR count). The van der Waals surface area contributed by atoms with E-state index in [0.29, 0.717) is 0 Å². The SMILES string of the molecule is CC[C@H](C)OC(=O)C=CC1C(C(=O)O)C1(C)C. The molecule has 4 nitrogen and oxygen atoms in total. The first-order valence-electron chi connectivity index (χ1n) is 5.92. The second-order valence-corrected chi connectivity index (χ2v) is 5.18. The molecular weight excluding hydrogens is 220 g/mol. The highest BCUT2D eigenvalue weighted by atomic mass is 16.5. The molecule has 0 aromatic carbocycles. The fraction of sp³-hybridized carbons (Fsp3) is 0.692. The van der Waals surface area contributed by atoms with Gasteiger partial charge in [-0.05, 0) is 24.7 Å². The quantitative estimate of drug-likeness (QED) is 0.591. The van der Waals surface area contributed by atoms with Crippen molar-refractivity contribution < 1.29 is 19.4 Å². The van der Waals surface area contributed by atoms with Gasteiger partial charge in [-0.1, -0.05) is 26.8 Å². The number of allylic oxidation sites excluding steroid dienone is 1. The van der Waals surface area contributed by atoms with Gasteiger partial charge in [-0.2, -0.15) is 0 Å². The predicted molar refractivity (Wildman–Crippen MR) is 63.4 cm³/mol. The number of hydrogen-bond acceptors (Lipinski definition) is 3. The molecule has 4 heteroatoms. The van der Waals surface area contributed by atoms with Crippen molar-refractivity contribution in [2.75, 3.05) is 0 Å². The van der Waals surface area contributed by atoms with E-state index in [9.17, 15) is 9.59 Å². The van der Waals surface area contributed by atoms with Crippen molar-refractivity contribution >= 4 is 11.9 Å². The Kier molecular flexibility index (Phi) is 3.96. The number of carboxylic acid groups (broad SMARTS) is 1. The van der Waals surface area contributed by atoms with Gasteiger partial charge in [0.1, 0.15) is 0 Å². The maximum absolute atomic E-state index is 11.4. The number of esters is 1. The molecule has 0 radical (unpaired) electrons. The minimum Gasteiger partial charge on any atom is -0.481 e. The van der Waals surface area contributed by atoms with Gasteiger partial charge in [0.2, 0.25) is 0 Å². The van der Waals surface area contributed by atoms with Gasteiger partial charge in [-0.25, -0.2) is 4.79 Å². The first kappa shape index (κ1) is 13.7. The number of rotatable bonds is 5. The summed E-state index contributed by atoms with van der Waals surface area (Å²) in [4.78, 5) is 22.3. The minimum atomic E-state index is -0.806. The molecule has 0 amide bonds. The van der Waals surface area contributed by atoms with Gasteiger partial charge in [0.25, 0.3) is 0 Å². The van der Waals surface area contributed by atoms with Crippen molar-refractivity contribution in [3.05, 3.63) is 12.2 Å². The summed E-state index contributed by atoms with van der Waals surface area (Å²) in [6.07, 6.45) is 3.67. The molecule has 1 aliphatic rings. The van der Waals surface area contributed by atoms with Crippen molar-refractivity contribution in [3.8, 4) is 0 Å². The van der Waals surface area contributed by atoms with Crippen LogP contribution in [0.2, 0.25) is 0 Å². The van der Waals surface area contributed by atoms with Gasteiger partial charge in [0, 0.05) is 6.08 Å². The Balaban J connectivity index is 2.51. The number of carbonyl (C=O) groups excluding carboxylic acids is 1. The summed E-state index contributed by atoms with van der Waals surface area (Å²) in [5.41, 5.74) is -0.265. The molecule has 0 aromatic heterocycles. The van der Waals surface area contributed by atoms with Crippen molar-refractivity contribution in [1.29, 1.82) is 0 Å². The van der Waals surface area contributed by atoms with E-state index in [2.05, 4.69) is 0 Å². The van der Waals surface area contributed by atoms with E-state index in [1.165, 1.54) is 6.08 Å². The molecule has 3 atom stereocenters. The van der Waals surface area contributed by atoms with Crippen molar-refractivity contribution in [1.82, 2.24) is 0 Å². The lowest BCUT2D eigenvalue weighted by molar-refractivity contribution is -0.142. The summed E-state index contributed by atoms with van der Waals surface area (Å²) < 4.78 is 5.07. The number of carbonyl (C=O) groups is 2. The average Bonchev–Trinajstić information content (AvgIpc) is 2.77. The van der Waals surface area contributed by atoms with Crippen LogP contribution in [-0.2, 0) is 14.3 Å². The van der Waals surface area contributed by atoms with Crippen LogP contribution in [0.4, 0.5) is 0 Å². The second kappa shape index (κ2) is 4.90. The van der Waals surface area contributed by atoms with Crippen molar-refractivity contribution in [2.24, 2.45) is 17.3 Å². The Labute approximate surface area is 102 Å². The highest BCUT2D eigenvalue weighted by molar-refractivity contribution is 5.83. The molecule has 0 saturated heterocycles. The minimum absolute atomic E-state index is 0.0792. The van der Waals surface area contributed by atoms with Gasteiger partial charge >= 0.3 is 11.9 Å². The molecule has 0 heterocycles. The maximum atomic E-state index is 11.4. The third kappa shape index (κ3) is 3.08. The number of carboxylic acids is 1. The van der Waals surface area contributed by atoms with E-state index in [-0.39, 0.29) is 17.4 Å². The van der Waals surface area contributed by atoms with Crippen LogP contribution < -0.4 is 0 Å². The molecule has 1 fully saturated rings. The molecular formula is C13H20O4. The van der Waals surface area contributed by atoms with E-state index in [1.54, 1.807) is 6.08 Å². The molecule has 0 bridgehead atoms. The van der Waals surface area contributed by atoms with Crippen molar-refractivity contribution in [3.63, 3.8) is 0 Å². The number of ether oxygens (including phenoxy) is 1. The molecule has 17 heavy (non-hydrogen) atoms. The van der Waals surface area contributed by atoms with Crippen LogP contribution in [-0.4, -0.2) is 23.1 Å². The fourth-order valence-corrected chi connectivity index (χ4v) is 2.01. The van der Waals surface area contributed by atoms with E-state index < -0.39 is 17.9 Å². The molecule has 0 aromatic rings. The molecule has 0 spiro atoms. The molecule has 1 N–H and O–H groups in total. The Morgan fingerprint density at radius 1 is 1.47 bits per heavy atom. The van der Waals surface area contributed by atoms with Crippen LogP contribution in [0.1, 0.15) is 34.1 Å². The van der Waals surface area contributed by atoms with Gasteiger partial charge in [-0.15, -0.1) is 0 Å². The van der Waals surface area contributed by atoms with Gasteiger partial charge in [-0.3, -0.25) is 4.79 Å². The standard InChI is InChI=1S/C13H20O4/c1-5-8(2)17-10(14)7-6-9-11(12(15)16)13(9,3)4/h6-9,11H,5H2,1-4H3,(H,15,16)/t8-,9?,11?/m0/s1. The van der Waals surface area contributed by atoms with E-state index in [1.807, 2.05) is 27.7 Å². The lowest BCUT2D eigenvalue weighted by Crippen LogP contribution is -2.11. The molecule has 1 saturated carbocycles. The Hall–Kier alpha value is -1.32. The van der Waals surface area contributed by atoms with E-state index >= 15 is 0 Å². The Bertz CT molecular complexity index is 343. The Morgan fingerprint density at radius 3 is 2.47 bits per heavy atom. The zero-order chi connectivity index (χ0) is 13.2. The molecule has 2 unspecified atom stereocenters. The summed E-state index contributed by atoms with van der Waals surface area (Å²) in [5, 5.41) is 8.96. The third-order valence-corrected chi connectivity index (χ3v) is 3.51. The largest absolute Gasteiger partial charge is 0.481 e. The van der Waals surface area contributed by atoms with Crippen LogP contribution in [0.3, 0.4) is 0 Å². The molecule has 1 aliphatic carbocycles. The molecule has 0 aliphatic heterocycles. The number of aliphatic carboxylic acids is 1. The van der Waals surface area contributed by atoms with Gasteiger partial charge in [0.05, 0.1) is 12.0 Å². The lowest BCUT2D eigenvalue weighted by atomic mass is 10.1. The van der Waals surface area contributed by atoms with Gasteiger partial charge in [0.15, 0.2) is 0 Å². The maximum Gasteiger partial charge on any atom is 0.330 e. The second-order valence-electron chi connectivity index (χ2n) is 5.18. The zero-order valence-corrected chi connectivity index (χ0v) is 10.8. The van der Waals surface area contributed by atoms with Crippen LogP contribution in [0.25, 0.3) is 0 Å². The number of hydrogen-bond donors (Lipinski definition) is 1. The zero-order valence-electron chi connectivity index (χ0n) is 10.8. The van der Waals surface area contributed by atoms with Crippen LogP contribution >= 0.6 is 0 Å². The third-order valence-electron chi connectivity index (χ3n) is 3.51. The predicted octanol–water partition coefficient (Wildman–Crippen LogP) is 2.24. The summed E-state index contributed by atoms with van der Waals surface area (Å²) in [7, 11) is 0. The van der Waals surface area contributed by atoms with E-state index in [4.69, 9.17) is 9.84 Å². The lowest BCUT2D eigenvalue weighted by Gasteiger charge is -2.07. The van der Waals surface area contributed by atoms with Gasteiger partial charge < -0.3 is 9.84 Å². The fourth-order valence-electron chi connectivity index (χ4n) is 2.01. The van der Waals surface area contributed by atoms with Crippen LogP contribution in [0.5, 0.6) is 0 Å². The van der Waals surface area contributed by atoms with Crippen LogP contribution in [0.15, 0.2) is 12.2 Å². The summed E-state index contributed by atoms with van der Waals surface area (Å²) in [6, 6.07) is 0. The topological polar surface area (TPSA) is 63.6 Å². The summed E-state index contributed by atoms with van der Waals surface area (Å²) in [6.45, 7) is 7.54. The Morgan fingerprint density at radius 2 is 2.06 bits per heavy atom. The van der Waals surface area contributed by atoms with Crippen molar-refractivity contribution in [2.45, 2.75) is 40.2 Å². The normalized spacial score (nSPS) is 27.8.